The zero-order valence-corrected chi connectivity index (χ0v) is 19.9. The minimum atomic E-state index is -0.449. The van der Waals surface area contributed by atoms with E-state index in [0.29, 0.717) is 0 Å². The summed E-state index contributed by atoms with van der Waals surface area (Å²) in [5.41, 5.74) is 1.45. The fraction of sp³-hybridized carbons (Fsp3) is 0.231. The van der Waals surface area contributed by atoms with Gasteiger partial charge < -0.3 is 19.3 Å². The fourth-order valence-corrected chi connectivity index (χ4v) is 2.43. The molecule has 182 valence electrons. The number of carbonyl (C=O) groups is 2. The SMILES string of the molecule is CN(/C=C/C=C(C#N)C#N)CC(=O)OCc1ccc(COC(=O)CN(C)/C=C/C=C(C#N)C#N)cc1. The fourth-order valence-electron chi connectivity index (χ4n) is 2.43. The third-order valence-corrected chi connectivity index (χ3v) is 4.27. The number of hydrogen-bond acceptors (Lipinski definition) is 10. The Morgan fingerprint density at radius 3 is 1.36 bits per heavy atom. The second kappa shape index (κ2) is 16.3. The van der Waals surface area contributed by atoms with Gasteiger partial charge in [-0.05, 0) is 47.8 Å². The molecule has 0 spiro atoms. The Balaban J connectivity index is 2.42. The van der Waals surface area contributed by atoms with Crippen molar-refractivity contribution < 1.29 is 19.1 Å². The second-order valence-corrected chi connectivity index (χ2v) is 7.26. The quantitative estimate of drug-likeness (QED) is 0.246. The third-order valence-electron chi connectivity index (χ3n) is 4.27. The maximum atomic E-state index is 12.0. The first-order chi connectivity index (χ1) is 17.3. The first-order valence-electron chi connectivity index (χ1n) is 10.5. The van der Waals surface area contributed by atoms with E-state index in [9.17, 15) is 9.59 Å². The lowest BCUT2D eigenvalue weighted by Gasteiger charge is -2.13. The van der Waals surface area contributed by atoms with E-state index in [1.807, 2.05) is 0 Å². The standard InChI is InChI=1S/C26H24N6O4/c1-31(11-3-5-23(13-27)14-28)17-25(33)35-19-21-7-9-22(10-8-21)20-36-26(34)18-32(2)12-4-6-24(15-29)16-30/h3-12H,17-20H2,1-2H3/b11-3+,12-4+. The highest BCUT2D eigenvalue weighted by molar-refractivity contribution is 5.72. The van der Waals surface area contributed by atoms with Crippen LogP contribution in [-0.2, 0) is 32.3 Å². The van der Waals surface area contributed by atoms with Crippen molar-refractivity contribution in [2.75, 3.05) is 27.2 Å². The monoisotopic (exact) mass is 484 g/mol. The van der Waals surface area contributed by atoms with Gasteiger partial charge in [-0.1, -0.05) is 24.3 Å². The average Bonchev–Trinajstić information content (AvgIpc) is 2.87. The molecule has 36 heavy (non-hydrogen) atoms. The molecule has 0 aliphatic rings. The zero-order valence-electron chi connectivity index (χ0n) is 19.9. The average molecular weight is 485 g/mol. The predicted molar refractivity (Wildman–Crippen MR) is 128 cm³/mol. The summed E-state index contributed by atoms with van der Waals surface area (Å²) in [6.07, 6.45) is 8.79. The Kier molecular flexibility index (Phi) is 13.0. The van der Waals surface area contributed by atoms with Crippen LogP contribution in [0.3, 0.4) is 0 Å². The van der Waals surface area contributed by atoms with Crippen LogP contribution >= 0.6 is 0 Å². The van der Waals surface area contributed by atoms with Gasteiger partial charge in [-0.15, -0.1) is 0 Å². The molecule has 0 saturated heterocycles. The van der Waals surface area contributed by atoms with Gasteiger partial charge in [0.2, 0.25) is 0 Å². The van der Waals surface area contributed by atoms with Gasteiger partial charge in [-0.3, -0.25) is 9.59 Å². The molecular weight excluding hydrogens is 460 g/mol. The summed E-state index contributed by atoms with van der Waals surface area (Å²) >= 11 is 0. The number of ether oxygens (including phenoxy) is 2. The molecule has 0 saturated carbocycles. The van der Waals surface area contributed by atoms with Gasteiger partial charge >= 0.3 is 11.9 Å². The van der Waals surface area contributed by atoms with E-state index >= 15 is 0 Å². The van der Waals surface area contributed by atoms with Crippen LogP contribution in [0.1, 0.15) is 11.1 Å². The van der Waals surface area contributed by atoms with E-state index in [1.165, 1.54) is 24.3 Å². The molecular formula is C26H24N6O4. The molecule has 0 unspecified atom stereocenters. The minimum Gasteiger partial charge on any atom is -0.459 e. The normalized spacial score (nSPS) is 9.72. The highest BCUT2D eigenvalue weighted by Gasteiger charge is 2.07. The lowest BCUT2D eigenvalue weighted by Crippen LogP contribution is -2.23. The molecule has 0 fully saturated rings. The van der Waals surface area contributed by atoms with Crippen LogP contribution in [-0.4, -0.2) is 48.9 Å². The molecule has 0 aliphatic carbocycles. The van der Waals surface area contributed by atoms with E-state index in [2.05, 4.69) is 0 Å². The Morgan fingerprint density at radius 1 is 0.722 bits per heavy atom. The largest absolute Gasteiger partial charge is 0.459 e. The van der Waals surface area contributed by atoms with Crippen LogP contribution < -0.4 is 0 Å². The topological polar surface area (TPSA) is 154 Å². The number of nitrogens with zero attached hydrogens (tertiary/aromatic N) is 6. The van der Waals surface area contributed by atoms with Gasteiger partial charge in [-0.2, -0.15) is 21.0 Å². The number of carbonyl (C=O) groups excluding carboxylic acids is 2. The Morgan fingerprint density at radius 2 is 1.06 bits per heavy atom. The van der Waals surface area contributed by atoms with Crippen molar-refractivity contribution in [1.29, 1.82) is 21.0 Å². The molecule has 0 radical (unpaired) electrons. The summed E-state index contributed by atoms with van der Waals surface area (Å²) in [7, 11) is 3.31. The van der Waals surface area contributed by atoms with E-state index < -0.39 is 11.9 Å². The van der Waals surface area contributed by atoms with Crippen LogP contribution in [0.4, 0.5) is 0 Å². The van der Waals surface area contributed by atoms with Gasteiger partial charge in [0.1, 0.15) is 61.7 Å². The summed E-state index contributed by atoms with van der Waals surface area (Å²) in [5, 5.41) is 34.7. The van der Waals surface area contributed by atoms with Crippen LogP contribution in [0, 0.1) is 45.3 Å². The summed E-state index contributed by atoms with van der Waals surface area (Å²) in [4.78, 5) is 27.1. The van der Waals surface area contributed by atoms with Crippen LogP contribution in [0.25, 0.3) is 0 Å². The zero-order chi connectivity index (χ0) is 26.8. The Labute approximate surface area is 210 Å². The van der Waals surface area contributed by atoms with Gasteiger partial charge in [0.05, 0.1) is 0 Å². The number of nitriles is 4. The van der Waals surface area contributed by atoms with Gasteiger partial charge in [0.15, 0.2) is 0 Å². The molecule has 10 heteroatoms. The van der Waals surface area contributed by atoms with Crippen molar-refractivity contribution in [1.82, 2.24) is 9.80 Å². The van der Waals surface area contributed by atoms with E-state index in [0.717, 1.165) is 11.1 Å². The molecule has 0 aromatic heterocycles. The van der Waals surface area contributed by atoms with Crippen LogP contribution in [0.2, 0.25) is 0 Å². The maximum absolute atomic E-state index is 12.0. The van der Waals surface area contributed by atoms with Crippen molar-refractivity contribution in [3.63, 3.8) is 0 Å². The number of likely N-dealkylation sites (N-methyl/N-ethyl adjacent to an activating group) is 2. The van der Waals surface area contributed by atoms with Crippen molar-refractivity contribution >= 4 is 11.9 Å². The van der Waals surface area contributed by atoms with E-state index in [4.69, 9.17) is 30.5 Å². The number of rotatable bonds is 12. The molecule has 0 amide bonds. The smallest absolute Gasteiger partial charge is 0.325 e. The molecule has 1 rings (SSSR count). The summed E-state index contributed by atoms with van der Waals surface area (Å²) in [6, 6.07) is 14.0. The first-order valence-corrected chi connectivity index (χ1v) is 10.5. The summed E-state index contributed by atoms with van der Waals surface area (Å²) < 4.78 is 10.5. The summed E-state index contributed by atoms with van der Waals surface area (Å²) in [6.45, 7) is 0.137. The van der Waals surface area contributed by atoms with Gasteiger partial charge in [-0.25, -0.2) is 0 Å². The maximum Gasteiger partial charge on any atom is 0.325 e. The predicted octanol–water partition coefficient (Wildman–Crippen LogP) is 2.61. The van der Waals surface area contributed by atoms with E-state index in [-0.39, 0.29) is 37.4 Å². The van der Waals surface area contributed by atoms with Crippen molar-refractivity contribution in [2.45, 2.75) is 13.2 Å². The molecule has 10 nitrogen and oxygen atoms in total. The van der Waals surface area contributed by atoms with E-state index in [1.54, 1.807) is 84.8 Å². The molecule has 0 N–H and O–H groups in total. The minimum absolute atomic E-state index is 0.00938. The lowest BCUT2D eigenvalue weighted by molar-refractivity contribution is -0.146. The molecule has 0 bridgehead atoms. The number of esters is 2. The number of benzene rings is 1. The van der Waals surface area contributed by atoms with Crippen LogP contribution in [0.5, 0.6) is 0 Å². The molecule has 0 atom stereocenters. The highest BCUT2D eigenvalue weighted by atomic mass is 16.5. The molecule has 1 aromatic rings. The first kappa shape index (κ1) is 28.7. The number of allylic oxidation sites excluding steroid dienone is 6. The molecule has 0 aliphatic heterocycles. The van der Waals surface area contributed by atoms with Crippen molar-refractivity contribution in [2.24, 2.45) is 0 Å². The molecule has 1 aromatic carbocycles. The Bertz CT molecular complexity index is 1070. The highest BCUT2D eigenvalue weighted by Crippen LogP contribution is 2.08. The van der Waals surface area contributed by atoms with Crippen molar-refractivity contribution in [3.8, 4) is 24.3 Å². The lowest BCUT2D eigenvalue weighted by atomic mass is 10.1. The van der Waals surface area contributed by atoms with Gasteiger partial charge in [0, 0.05) is 14.1 Å². The second-order valence-electron chi connectivity index (χ2n) is 7.26. The summed E-state index contributed by atoms with van der Waals surface area (Å²) in [5.74, 6) is -0.898. The third kappa shape index (κ3) is 12.1. The Hall–Kier alpha value is -5.32. The van der Waals surface area contributed by atoms with Crippen LogP contribution in [0.15, 0.2) is 72.1 Å². The molecule has 0 heterocycles. The van der Waals surface area contributed by atoms with Gasteiger partial charge in [0.25, 0.3) is 0 Å². The number of hydrogen-bond donors (Lipinski definition) is 0. The van der Waals surface area contributed by atoms with Crippen molar-refractivity contribution in [3.05, 3.63) is 83.2 Å².